The molecule has 0 saturated heterocycles. The van der Waals surface area contributed by atoms with Crippen LogP contribution in [0.1, 0.15) is 31.6 Å². The summed E-state index contributed by atoms with van der Waals surface area (Å²) in [7, 11) is 0. The van der Waals surface area contributed by atoms with Crippen LogP contribution in [0.3, 0.4) is 0 Å². The van der Waals surface area contributed by atoms with Crippen LogP contribution < -0.4 is 16.6 Å². The Bertz CT molecular complexity index is 515. The van der Waals surface area contributed by atoms with E-state index < -0.39 is 0 Å². The van der Waals surface area contributed by atoms with Crippen molar-refractivity contribution in [1.29, 1.82) is 0 Å². The Morgan fingerprint density at radius 2 is 2.05 bits per heavy atom. The molecule has 0 bridgehead atoms. The Hall–Kier alpha value is -1.73. The zero-order valence-electron chi connectivity index (χ0n) is 11.3. The molecular formula is C12H18N6S. The number of nitrogens with zero attached hydrogens (tertiary/aromatic N) is 3. The third-order valence-corrected chi connectivity index (χ3v) is 3.74. The van der Waals surface area contributed by atoms with Gasteiger partial charge >= 0.3 is 0 Å². The largest absolute Gasteiger partial charge is 0.359 e. The van der Waals surface area contributed by atoms with Crippen molar-refractivity contribution in [3.8, 4) is 0 Å². The monoisotopic (exact) mass is 278 g/mol. The summed E-state index contributed by atoms with van der Waals surface area (Å²) in [6.45, 7) is 6.13. The number of aromatic nitrogens is 3. The first-order valence-electron chi connectivity index (χ1n) is 6.08. The molecule has 7 heteroatoms. The number of hydrazine groups is 1. The Labute approximate surface area is 116 Å². The summed E-state index contributed by atoms with van der Waals surface area (Å²) >= 11 is 1.61. The fraction of sp³-hybridized carbons (Fsp3) is 0.417. The van der Waals surface area contributed by atoms with Crippen molar-refractivity contribution in [3.63, 3.8) is 0 Å². The summed E-state index contributed by atoms with van der Waals surface area (Å²) in [5.74, 6) is 7.50. The van der Waals surface area contributed by atoms with Crippen LogP contribution >= 0.6 is 11.3 Å². The number of nitrogen functional groups attached to an aromatic ring is 1. The van der Waals surface area contributed by atoms with Crippen LogP contribution in [0.25, 0.3) is 0 Å². The fourth-order valence-electron chi connectivity index (χ4n) is 1.70. The first-order valence-corrected chi connectivity index (χ1v) is 6.96. The zero-order valence-corrected chi connectivity index (χ0v) is 12.1. The second-order valence-electron chi connectivity index (χ2n) is 4.64. The molecule has 2 heterocycles. The topological polar surface area (TPSA) is 88.8 Å². The second-order valence-corrected chi connectivity index (χ2v) is 5.53. The fourth-order valence-corrected chi connectivity index (χ4v) is 2.42. The number of hydrogen-bond donors (Lipinski definition) is 3. The van der Waals surface area contributed by atoms with Gasteiger partial charge in [-0.15, -0.1) is 11.3 Å². The van der Waals surface area contributed by atoms with Gasteiger partial charge in [0, 0.05) is 24.1 Å². The SMILES string of the molecule is CCc1nc(NN)cc(NC(C)(C)c2nccs2)n1. The molecule has 2 rings (SSSR count). The smallest absolute Gasteiger partial charge is 0.145 e. The maximum atomic E-state index is 5.42. The molecule has 0 spiro atoms. The van der Waals surface area contributed by atoms with Crippen molar-refractivity contribution in [3.05, 3.63) is 28.5 Å². The van der Waals surface area contributed by atoms with Gasteiger partial charge < -0.3 is 10.7 Å². The highest BCUT2D eigenvalue weighted by Gasteiger charge is 2.23. The molecule has 6 nitrogen and oxygen atoms in total. The van der Waals surface area contributed by atoms with Crippen LogP contribution in [0, 0.1) is 0 Å². The van der Waals surface area contributed by atoms with E-state index in [-0.39, 0.29) is 5.54 Å². The third kappa shape index (κ3) is 3.18. The maximum absolute atomic E-state index is 5.42. The number of nitrogens with two attached hydrogens (primary N) is 1. The average Bonchev–Trinajstić information content (AvgIpc) is 2.92. The number of anilines is 2. The first-order chi connectivity index (χ1) is 9.05. The molecule has 102 valence electrons. The van der Waals surface area contributed by atoms with Crippen molar-refractivity contribution >= 4 is 23.0 Å². The van der Waals surface area contributed by atoms with Crippen LogP contribution in [0.15, 0.2) is 17.6 Å². The minimum absolute atomic E-state index is 0.292. The third-order valence-electron chi connectivity index (χ3n) is 2.64. The molecule has 0 aromatic carbocycles. The molecule has 0 unspecified atom stereocenters. The van der Waals surface area contributed by atoms with Gasteiger partial charge in [0.15, 0.2) is 0 Å². The standard InChI is InChI=1S/C12H18N6S/c1-4-8-15-9(7-10(16-8)18-13)17-12(2,3)11-14-5-6-19-11/h5-7H,4,13H2,1-3H3,(H2,15,16,17,18). The molecule has 4 N–H and O–H groups in total. The highest BCUT2D eigenvalue weighted by molar-refractivity contribution is 7.09. The van der Waals surface area contributed by atoms with Crippen LogP contribution in [-0.2, 0) is 12.0 Å². The zero-order chi connectivity index (χ0) is 13.9. The lowest BCUT2D eigenvalue weighted by Crippen LogP contribution is -2.28. The number of nitrogens with one attached hydrogen (secondary N) is 2. The quantitative estimate of drug-likeness (QED) is 0.573. The minimum Gasteiger partial charge on any atom is -0.359 e. The van der Waals surface area contributed by atoms with E-state index in [2.05, 4.69) is 39.5 Å². The lowest BCUT2D eigenvalue weighted by molar-refractivity contribution is 0.600. The molecule has 0 aliphatic heterocycles. The summed E-state index contributed by atoms with van der Waals surface area (Å²) in [6.07, 6.45) is 2.55. The lowest BCUT2D eigenvalue weighted by Gasteiger charge is -2.24. The summed E-state index contributed by atoms with van der Waals surface area (Å²) in [5, 5.41) is 6.34. The van der Waals surface area contributed by atoms with Gasteiger partial charge in [-0.25, -0.2) is 20.8 Å². The molecule has 0 amide bonds. The van der Waals surface area contributed by atoms with E-state index in [4.69, 9.17) is 5.84 Å². The Kier molecular flexibility index (Phi) is 3.96. The first kappa shape index (κ1) is 13.7. The van der Waals surface area contributed by atoms with E-state index in [1.54, 1.807) is 23.6 Å². The predicted octanol–water partition coefficient (Wildman–Crippen LogP) is 2.13. The summed E-state index contributed by atoms with van der Waals surface area (Å²) in [4.78, 5) is 13.1. The van der Waals surface area contributed by atoms with Gasteiger partial charge in [-0.05, 0) is 13.8 Å². The van der Waals surface area contributed by atoms with Crippen LogP contribution in [0.5, 0.6) is 0 Å². The van der Waals surface area contributed by atoms with Gasteiger partial charge in [-0.1, -0.05) is 6.92 Å². The van der Waals surface area contributed by atoms with Gasteiger partial charge in [-0.3, -0.25) is 0 Å². The van der Waals surface area contributed by atoms with Crippen molar-refractivity contribution in [1.82, 2.24) is 15.0 Å². The van der Waals surface area contributed by atoms with Crippen LogP contribution in [0.4, 0.5) is 11.6 Å². The maximum Gasteiger partial charge on any atom is 0.145 e. The van der Waals surface area contributed by atoms with E-state index in [9.17, 15) is 0 Å². The average molecular weight is 278 g/mol. The molecule has 0 fully saturated rings. The molecule has 2 aromatic rings. The molecule has 0 aliphatic carbocycles. The van der Waals surface area contributed by atoms with E-state index >= 15 is 0 Å². The Balaban J connectivity index is 2.27. The highest BCUT2D eigenvalue weighted by Crippen LogP contribution is 2.27. The van der Waals surface area contributed by atoms with Crippen molar-refractivity contribution in [2.24, 2.45) is 5.84 Å². The van der Waals surface area contributed by atoms with E-state index in [0.29, 0.717) is 5.82 Å². The molecule has 0 saturated carbocycles. The van der Waals surface area contributed by atoms with Gasteiger partial charge in [0.05, 0.1) is 5.54 Å². The number of hydrogen-bond acceptors (Lipinski definition) is 7. The van der Waals surface area contributed by atoms with Crippen LogP contribution in [-0.4, -0.2) is 15.0 Å². The van der Waals surface area contributed by atoms with Crippen molar-refractivity contribution < 1.29 is 0 Å². The van der Waals surface area contributed by atoms with E-state index in [1.807, 2.05) is 12.3 Å². The minimum atomic E-state index is -0.292. The molecule has 2 aromatic heterocycles. The number of rotatable bonds is 5. The summed E-state index contributed by atoms with van der Waals surface area (Å²) < 4.78 is 0. The molecule has 0 atom stereocenters. The molecule has 0 aliphatic rings. The van der Waals surface area contributed by atoms with Gasteiger partial charge in [-0.2, -0.15) is 0 Å². The van der Waals surface area contributed by atoms with E-state index in [0.717, 1.165) is 23.1 Å². The molecular weight excluding hydrogens is 260 g/mol. The van der Waals surface area contributed by atoms with Crippen molar-refractivity contribution in [2.75, 3.05) is 10.7 Å². The molecule has 19 heavy (non-hydrogen) atoms. The predicted molar refractivity (Wildman–Crippen MR) is 78.0 cm³/mol. The number of thiazole rings is 1. The Morgan fingerprint density at radius 1 is 1.32 bits per heavy atom. The van der Waals surface area contributed by atoms with Gasteiger partial charge in [0.25, 0.3) is 0 Å². The second kappa shape index (κ2) is 5.50. The summed E-state index contributed by atoms with van der Waals surface area (Å²) in [6, 6.07) is 1.79. The number of aryl methyl sites for hydroxylation is 1. The molecule has 0 radical (unpaired) electrons. The lowest BCUT2D eigenvalue weighted by atomic mass is 10.1. The van der Waals surface area contributed by atoms with Crippen molar-refractivity contribution in [2.45, 2.75) is 32.7 Å². The van der Waals surface area contributed by atoms with Gasteiger partial charge in [0.2, 0.25) is 0 Å². The Morgan fingerprint density at radius 3 is 2.63 bits per heavy atom. The van der Waals surface area contributed by atoms with Gasteiger partial charge in [0.1, 0.15) is 22.5 Å². The normalized spacial score (nSPS) is 11.4. The summed E-state index contributed by atoms with van der Waals surface area (Å²) in [5.41, 5.74) is 2.27. The van der Waals surface area contributed by atoms with Crippen LogP contribution in [0.2, 0.25) is 0 Å². The van der Waals surface area contributed by atoms with E-state index in [1.165, 1.54) is 0 Å². The highest BCUT2D eigenvalue weighted by atomic mass is 32.1.